The van der Waals surface area contributed by atoms with Crippen molar-refractivity contribution in [1.29, 1.82) is 0 Å². The zero-order chi connectivity index (χ0) is 21.2. The van der Waals surface area contributed by atoms with Crippen LogP contribution in [0.1, 0.15) is 18.5 Å². The molecule has 4 heteroatoms. The first-order valence-corrected chi connectivity index (χ1v) is 11.1. The number of methoxy groups -OCH3 is 1. The summed E-state index contributed by atoms with van der Waals surface area (Å²) in [7, 11) is 1.71. The highest BCUT2D eigenvalue weighted by molar-refractivity contribution is 9.10. The summed E-state index contributed by atoms with van der Waals surface area (Å²) in [5.41, 5.74) is 7.79. The average molecular weight is 469 g/mol. The van der Waals surface area contributed by atoms with Crippen molar-refractivity contribution in [3.05, 3.63) is 95.1 Å². The van der Waals surface area contributed by atoms with E-state index in [9.17, 15) is 0 Å². The Labute approximate surface area is 190 Å². The summed E-state index contributed by atoms with van der Waals surface area (Å²) in [6, 6.07) is 22.4. The third-order valence-corrected chi connectivity index (χ3v) is 6.17. The second-order valence-electron chi connectivity index (χ2n) is 7.44. The van der Waals surface area contributed by atoms with Gasteiger partial charge in [-0.05, 0) is 54.3 Å². The molecule has 152 valence electrons. The largest absolute Gasteiger partial charge is 0.496 e. The number of ether oxygens (including phenoxy) is 1. The van der Waals surface area contributed by atoms with Gasteiger partial charge in [-0.15, -0.1) is 0 Å². The van der Waals surface area contributed by atoms with Crippen LogP contribution in [0.4, 0.5) is 0 Å². The summed E-state index contributed by atoms with van der Waals surface area (Å²) in [5.74, 6) is 0.804. The summed E-state index contributed by atoms with van der Waals surface area (Å²) in [5, 5.41) is 0. The summed E-state index contributed by atoms with van der Waals surface area (Å²) in [6.07, 6.45) is 8.68. The van der Waals surface area contributed by atoms with Crippen LogP contribution in [-0.4, -0.2) is 17.1 Å². The van der Waals surface area contributed by atoms with Gasteiger partial charge in [0.15, 0.2) is 0 Å². The summed E-state index contributed by atoms with van der Waals surface area (Å²) in [4.78, 5) is 10.0. The van der Waals surface area contributed by atoms with E-state index in [-0.39, 0.29) is 0 Å². The molecule has 1 aliphatic carbocycles. The summed E-state index contributed by atoms with van der Waals surface area (Å²) < 4.78 is 6.82. The topological polar surface area (TPSA) is 35.0 Å². The van der Waals surface area contributed by atoms with E-state index in [2.05, 4.69) is 58.4 Å². The Morgan fingerprint density at radius 3 is 2.26 bits per heavy atom. The Bertz CT molecular complexity index is 1340. The Morgan fingerprint density at radius 2 is 1.55 bits per heavy atom. The molecule has 0 atom stereocenters. The Hall–Kier alpha value is -3.24. The Kier molecular flexibility index (Phi) is 5.39. The van der Waals surface area contributed by atoms with Gasteiger partial charge in [0, 0.05) is 15.6 Å². The van der Waals surface area contributed by atoms with Crippen molar-refractivity contribution < 1.29 is 4.74 Å². The third-order valence-electron chi connectivity index (χ3n) is 5.48. The number of hydrogen-bond acceptors (Lipinski definition) is 3. The van der Waals surface area contributed by atoms with Crippen molar-refractivity contribution in [2.45, 2.75) is 12.8 Å². The Balaban J connectivity index is 1.71. The lowest BCUT2D eigenvalue weighted by Gasteiger charge is -2.15. The standard InChI is InChI=1S/C27H21BrN2O/c1-31-25-17-19(15-16-21(25)20-11-5-6-12-22(20)28)27-26(18-9-3-2-4-10-18)29-23-13-7-8-14-24(23)30-27/h3,5-17H,2,4H2,1H3. The van der Waals surface area contributed by atoms with E-state index in [0.717, 1.165) is 67.7 Å². The zero-order valence-corrected chi connectivity index (χ0v) is 18.8. The smallest absolute Gasteiger partial charge is 0.127 e. The fourth-order valence-electron chi connectivity index (χ4n) is 3.93. The minimum Gasteiger partial charge on any atom is -0.496 e. The van der Waals surface area contributed by atoms with E-state index < -0.39 is 0 Å². The van der Waals surface area contributed by atoms with E-state index >= 15 is 0 Å². The second kappa shape index (κ2) is 8.48. The van der Waals surface area contributed by atoms with Crippen molar-refractivity contribution >= 4 is 32.5 Å². The van der Waals surface area contributed by atoms with Crippen molar-refractivity contribution in [2.75, 3.05) is 7.11 Å². The molecule has 1 aromatic heterocycles. The predicted molar refractivity (Wildman–Crippen MR) is 131 cm³/mol. The molecule has 0 amide bonds. The van der Waals surface area contributed by atoms with Gasteiger partial charge in [-0.2, -0.15) is 0 Å². The second-order valence-corrected chi connectivity index (χ2v) is 8.30. The number of benzene rings is 3. The van der Waals surface area contributed by atoms with Gasteiger partial charge in [-0.1, -0.05) is 70.6 Å². The first-order chi connectivity index (χ1) is 15.2. The van der Waals surface area contributed by atoms with Gasteiger partial charge in [0.1, 0.15) is 5.75 Å². The minimum atomic E-state index is 0.804. The highest BCUT2D eigenvalue weighted by Gasteiger charge is 2.17. The number of hydrogen-bond donors (Lipinski definition) is 0. The molecule has 3 aromatic carbocycles. The normalized spacial score (nSPS) is 13.3. The molecule has 0 bridgehead atoms. The highest BCUT2D eigenvalue weighted by atomic mass is 79.9. The molecule has 0 unspecified atom stereocenters. The van der Waals surface area contributed by atoms with Crippen LogP contribution in [0.3, 0.4) is 0 Å². The van der Waals surface area contributed by atoms with Crippen LogP contribution in [0.15, 0.2) is 89.4 Å². The van der Waals surface area contributed by atoms with Crippen LogP contribution < -0.4 is 4.74 Å². The van der Waals surface area contributed by atoms with Gasteiger partial charge in [-0.25, -0.2) is 9.97 Å². The molecule has 0 aliphatic heterocycles. The van der Waals surface area contributed by atoms with Crippen molar-refractivity contribution in [3.8, 4) is 28.1 Å². The fraction of sp³-hybridized carbons (Fsp3) is 0.111. The van der Waals surface area contributed by atoms with E-state index in [1.165, 1.54) is 0 Å². The molecule has 3 nitrogen and oxygen atoms in total. The number of rotatable bonds is 4. The molecule has 0 fully saturated rings. The maximum atomic E-state index is 5.79. The lowest BCUT2D eigenvalue weighted by molar-refractivity contribution is 0.416. The van der Waals surface area contributed by atoms with Gasteiger partial charge in [0.05, 0.1) is 29.5 Å². The molecule has 0 saturated heterocycles. The van der Waals surface area contributed by atoms with E-state index in [0.29, 0.717) is 0 Å². The molecule has 1 heterocycles. The molecule has 1 aliphatic rings. The van der Waals surface area contributed by atoms with Gasteiger partial charge in [0.2, 0.25) is 0 Å². The lowest BCUT2D eigenvalue weighted by atomic mass is 9.97. The maximum Gasteiger partial charge on any atom is 0.127 e. The van der Waals surface area contributed by atoms with Crippen molar-refractivity contribution in [1.82, 2.24) is 9.97 Å². The maximum absolute atomic E-state index is 5.79. The molecule has 4 aromatic rings. The van der Waals surface area contributed by atoms with Crippen LogP contribution in [0.5, 0.6) is 5.75 Å². The molecular weight excluding hydrogens is 448 g/mol. The molecule has 0 saturated carbocycles. The van der Waals surface area contributed by atoms with Gasteiger partial charge in [0.25, 0.3) is 0 Å². The SMILES string of the molecule is COc1cc(-c2nc3ccccc3nc2C2=CCCC=C2)ccc1-c1ccccc1Br. The molecule has 0 radical (unpaired) electrons. The van der Waals surface area contributed by atoms with E-state index in [1.54, 1.807) is 7.11 Å². The predicted octanol–water partition coefficient (Wildman–Crippen LogP) is 7.47. The zero-order valence-electron chi connectivity index (χ0n) is 17.2. The number of fused-ring (bicyclic) bond motifs is 1. The molecule has 0 N–H and O–H groups in total. The first-order valence-electron chi connectivity index (χ1n) is 10.3. The molecule has 0 spiro atoms. The lowest BCUT2D eigenvalue weighted by Crippen LogP contribution is -2.00. The Morgan fingerprint density at radius 1 is 0.806 bits per heavy atom. The molecule has 5 rings (SSSR count). The monoisotopic (exact) mass is 468 g/mol. The van der Waals surface area contributed by atoms with Crippen LogP contribution >= 0.6 is 15.9 Å². The first kappa shape index (κ1) is 19.7. The highest BCUT2D eigenvalue weighted by Crippen LogP contribution is 2.39. The van der Waals surface area contributed by atoms with Gasteiger partial charge in [-0.3, -0.25) is 0 Å². The number of aromatic nitrogens is 2. The van der Waals surface area contributed by atoms with Crippen molar-refractivity contribution in [2.24, 2.45) is 0 Å². The van der Waals surface area contributed by atoms with Gasteiger partial charge < -0.3 is 4.74 Å². The number of nitrogens with zero attached hydrogens (tertiary/aromatic N) is 2. The summed E-state index contributed by atoms with van der Waals surface area (Å²) in [6.45, 7) is 0. The van der Waals surface area contributed by atoms with Gasteiger partial charge >= 0.3 is 0 Å². The number of para-hydroxylation sites is 2. The van der Waals surface area contributed by atoms with Crippen LogP contribution in [0.25, 0.3) is 39.0 Å². The van der Waals surface area contributed by atoms with E-state index in [4.69, 9.17) is 14.7 Å². The quantitative estimate of drug-likeness (QED) is 0.311. The van der Waals surface area contributed by atoms with Crippen LogP contribution in [-0.2, 0) is 0 Å². The van der Waals surface area contributed by atoms with Crippen LogP contribution in [0.2, 0.25) is 0 Å². The average Bonchev–Trinajstić information content (AvgIpc) is 2.84. The minimum absolute atomic E-state index is 0.804. The number of allylic oxidation sites excluding steroid dienone is 4. The summed E-state index contributed by atoms with van der Waals surface area (Å²) >= 11 is 3.66. The van der Waals surface area contributed by atoms with Crippen molar-refractivity contribution in [3.63, 3.8) is 0 Å². The molecular formula is C27H21BrN2O. The fourth-order valence-corrected chi connectivity index (χ4v) is 4.43. The van der Waals surface area contributed by atoms with Crippen LogP contribution in [0, 0.1) is 0 Å². The van der Waals surface area contributed by atoms with E-state index in [1.807, 2.05) is 42.5 Å². The molecule has 31 heavy (non-hydrogen) atoms. The third kappa shape index (κ3) is 3.79. The number of halogens is 1.